The van der Waals surface area contributed by atoms with Crippen molar-refractivity contribution >= 4 is 5.69 Å². The van der Waals surface area contributed by atoms with Crippen molar-refractivity contribution in [2.24, 2.45) is 0 Å². The zero-order valence-electron chi connectivity index (χ0n) is 11.8. The first-order valence-corrected chi connectivity index (χ1v) is 6.70. The number of aryl methyl sites for hydroxylation is 1. The molecule has 3 heteroatoms. The van der Waals surface area contributed by atoms with Crippen LogP contribution in [-0.4, -0.2) is 24.7 Å². The summed E-state index contributed by atoms with van der Waals surface area (Å²) < 4.78 is 13.6. The second-order valence-electron chi connectivity index (χ2n) is 5.94. The molecule has 1 N–H and O–H groups in total. The molecular weight excluding hydrogens is 227 g/mol. The number of benzene rings is 1. The fourth-order valence-corrected chi connectivity index (χ4v) is 2.66. The average molecular weight is 250 g/mol. The van der Waals surface area contributed by atoms with E-state index in [4.69, 9.17) is 0 Å². The maximum Gasteiger partial charge on any atom is 0.125 e. The second-order valence-corrected chi connectivity index (χ2v) is 5.94. The standard InChI is InChI=1S/C15H23FN2/c1-5-13-9-17-15(3,4)10-18(13)14-7-11(2)6-12(16)8-14/h6-8,13,17H,5,9-10H2,1-4H3. The minimum absolute atomic E-state index is 0.0753. The Kier molecular flexibility index (Phi) is 3.62. The number of piperazine rings is 1. The molecule has 1 aliphatic rings. The van der Waals surface area contributed by atoms with Crippen molar-refractivity contribution in [3.63, 3.8) is 0 Å². The SMILES string of the molecule is CCC1CNC(C)(C)CN1c1cc(C)cc(F)c1. The van der Waals surface area contributed by atoms with Crippen LogP contribution in [0.15, 0.2) is 18.2 Å². The monoisotopic (exact) mass is 250 g/mol. The number of nitrogens with zero attached hydrogens (tertiary/aromatic N) is 1. The van der Waals surface area contributed by atoms with E-state index in [1.54, 1.807) is 12.1 Å². The van der Waals surface area contributed by atoms with Gasteiger partial charge < -0.3 is 10.2 Å². The number of nitrogens with one attached hydrogen (secondary N) is 1. The van der Waals surface area contributed by atoms with Crippen molar-refractivity contribution in [3.05, 3.63) is 29.6 Å². The Hall–Kier alpha value is -1.09. The van der Waals surface area contributed by atoms with E-state index in [0.717, 1.165) is 30.8 Å². The van der Waals surface area contributed by atoms with Gasteiger partial charge in [0.05, 0.1) is 0 Å². The van der Waals surface area contributed by atoms with Gasteiger partial charge >= 0.3 is 0 Å². The second kappa shape index (κ2) is 4.88. The summed E-state index contributed by atoms with van der Waals surface area (Å²) in [4.78, 5) is 2.34. The molecule has 0 saturated carbocycles. The molecule has 0 spiro atoms. The highest BCUT2D eigenvalue weighted by Gasteiger charge is 2.31. The van der Waals surface area contributed by atoms with Gasteiger partial charge in [0.25, 0.3) is 0 Å². The highest BCUT2D eigenvalue weighted by molar-refractivity contribution is 5.51. The van der Waals surface area contributed by atoms with Crippen LogP contribution >= 0.6 is 0 Å². The number of anilines is 1. The fraction of sp³-hybridized carbons (Fsp3) is 0.600. The first kappa shape index (κ1) is 13.3. The Balaban J connectivity index is 2.32. The first-order chi connectivity index (χ1) is 8.41. The fourth-order valence-electron chi connectivity index (χ4n) is 2.66. The van der Waals surface area contributed by atoms with E-state index in [-0.39, 0.29) is 11.4 Å². The van der Waals surface area contributed by atoms with Crippen LogP contribution in [0.4, 0.5) is 10.1 Å². The van der Waals surface area contributed by atoms with E-state index in [1.165, 1.54) is 0 Å². The molecule has 0 aromatic heterocycles. The lowest BCUT2D eigenvalue weighted by Gasteiger charge is -2.46. The summed E-state index contributed by atoms with van der Waals surface area (Å²) in [6.45, 7) is 10.4. The molecular formula is C15H23FN2. The maximum absolute atomic E-state index is 13.6. The molecule has 0 amide bonds. The van der Waals surface area contributed by atoms with Gasteiger partial charge in [0.15, 0.2) is 0 Å². The molecule has 18 heavy (non-hydrogen) atoms. The third-order valence-electron chi connectivity index (χ3n) is 3.65. The highest BCUT2D eigenvalue weighted by atomic mass is 19.1. The minimum atomic E-state index is -0.142. The largest absolute Gasteiger partial charge is 0.365 e. The third-order valence-corrected chi connectivity index (χ3v) is 3.65. The van der Waals surface area contributed by atoms with Gasteiger partial charge in [0, 0.05) is 30.4 Å². The van der Waals surface area contributed by atoms with Crippen LogP contribution < -0.4 is 10.2 Å². The molecule has 100 valence electrons. The summed E-state index contributed by atoms with van der Waals surface area (Å²) >= 11 is 0. The molecule has 2 rings (SSSR count). The van der Waals surface area contributed by atoms with Crippen LogP contribution in [0.1, 0.15) is 32.8 Å². The molecule has 1 unspecified atom stereocenters. The molecule has 1 aromatic rings. The van der Waals surface area contributed by atoms with Gasteiger partial charge in [0.2, 0.25) is 0 Å². The van der Waals surface area contributed by atoms with Gasteiger partial charge in [-0.1, -0.05) is 6.92 Å². The summed E-state index contributed by atoms with van der Waals surface area (Å²) in [7, 11) is 0. The quantitative estimate of drug-likeness (QED) is 0.867. The maximum atomic E-state index is 13.6. The van der Waals surface area contributed by atoms with Gasteiger partial charge in [-0.05, 0) is 51.0 Å². The van der Waals surface area contributed by atoms with E-state index >= 15 is 0 Å². The number of halogens is 1. The van der Waals surface area contributed by atoms with E-state index in [9.17, 15) is 4.39 Å². The number of hydrogen-bond acceptors (Lipinski definition) is 2. The van der Waals surface area contributed by atoms with Gasteiger partial charge in [-0.2, -0.15) is 0 Å². The zero-order valence-corrected chi connectivity index (χ0v) is 11.8. The molecule has 1 aromatic carbocycles. The molecule has 0 aliphatic carbocycles. The molecule has 2 nitrogen and oxygen atoms in total. The summed E-state index contributed by atoms with van der Waals surface area (Å²) in [5.74, 6) is -0.142. The Labute approximate surface area is 109 Å². The van der Waals surface area contributed by atoms with Crippen molar-refractivity contribution in [2.45, 2.75) is 45.7 Å². The highest BCUT2D eigenvalue weighted by Crippen LogP contribution is 2.26. The Morgan fingerprint density at radius 2 is 2.11 bits per heavy atom. The summed E-state index contributed by atoms with van der Waals surface area (Å²) in [6.07, 6.45) is 1.07. The third kappa shape index (κ3) is 2.83. The van der Waals surface area contributed by atoms with Gasteiger partial charge in [-0.25, -0.2) is 4.39 Å². The number of hydrogen-bond donors (Lipinski definition) is 1. The van der Waals surface area contributed by atoms with Crippen LogP contribution in [0, 0.1) is 12.7 Å². The van der Waals surface area contributed by atoms with Crippen LogP contribution in [-0.2, 0) is 0 Å². The summed E-state index contributed by atoms with van der Waals surface area (Å²) in [6, 6.07) is 5.75. The Morgan fingerprint density at radius 3 is 2.72 bits per heavy atom. The van der Waals surface area contributed by atoms with E-state index < -0.39 is 0 Å². The molecule has 1 saturated heterocycles. The Bertz CT molecular complexity index is 408. The Morgan fingerprint density at radius 1 is 1.39 bits per heavy atom. The lowest BCUT2D eigenvalue weighted by molar-refractivity contribution is 0.306. The molecule has 1 fully saturated rings. The molecule has 1 heterocycles. The van der Waals surface area contributed by atoms with E-state index in [2.05, 4.69) is 37.1 Å². The van der Waals surface area contributed by atoms with Crippen LogP contribution in [0.3, 0.4) is 0 Å². The first-order valence-electron chi connectivity index (χ1n) is 6.70. The molecule has 0 bridgehead atoms. The van der Waals surface area contributed by atoms with E-state index in [0.29, 0.717) is 6.04 Å². The van der Waals surface area contributed by atoms with Gasteiger partial charge in [0.1, 0.15) is 5.82 Å². The summed E-state index contributed by atoms with van der Waals surface area (Å²) in [5, 5.41) is 3.55. The van der Waals surface area contributed by atoms with Crippen molar-refractivity contribution in [2.75, 3.05) is 18.0 Å². The van der Waals surface area contributed by atoms with Crippen molar-refractivity contribution < 1.29 is 4.39 Å². The molecule has 1 atom stereocenters. The van der Waals surface area contributed by atoms with Gasteiger partial charge in [-0.15, -0.1) is 0 Å². The normalized spacial score (nSPS) is 23.2. The summed E-state index contributed by atoms with van der Waals surface area (Å²) in [5.41, 5.74) is 2.07. The van der Waals surface area contributed by atoms with Crippen molar-refractivity contribution in [3.8, 4) is 0 Å². The van der Waals surface area contributed by atoms with E-state index in [1.807, 2.05) is 6.92 Å². The van der Waals surface area contributed by atoms with Gasteiger partial charge in [-0.3, -0.25) is 0 Å². The minimum Gasteiger partial charge on any atom is -0.365 e. The van der Waals surface area contributed by atoms with Crippen molar-refractivity contribution in [1.82, 2.24) is 5.32 Å². The van der Waals surface area contributed by atoms with Crippen LogP contribution in [0.25, 0.3) is 0 Å². The zero-order chi connectivity index (χ0) is 13.3. The lowest BCUT2D eigenvalue weighted by atomic mass is 9.96. The van der Waals surface area contributed by atoms with Crippen LogP contribution in [0.2, 0.25) is 0 Å². The topological polar surface area (TPSA) is 15.3 Å². The molecule has 0 radical (unpaired) electrons. The predicted molar refractivity (Wildman–Crippen MR) is 74.6 cm³/mol. The number of rotatable bonds is 2. The average Bonchev–Trinajstić information content (AvgIpc) is 2.26. The smallest absolute Gasteiger partial charge is 0.125 e. The lowest BCUT2D eigenvalue weighted by Crippen LogP contribution is -2.61. The predicted octanol–water partition coefficient (Wildman–Crippen LogP) is 3.10. The van der Waals surface area contributed by atoms with Crippen molar-refractivity contribution in [1.29, 1.82) is 0 Å². The molecule has 1 aliphatic heterocycles. The van der Waals surface area contributed by atoms with Crippen LogP contribution in [0.5, 0.6) is 0 Å².